The van der Waals surface area contributed by atoms with E-state index in [2.05, 4.69) is 21.1 Å². The highest BCUT2D eigenvalue weighted by Crippen LogP contribution is 2.38. The summed E-state index contributed by atoms with van der Waals surface area (Å²) in [4.78, 5) is 18.0. The minimum Gasteiger partial charge on any atom is -0.443 e. The third-order valence-electron chi connectivity index (χ3n) is 4.10. The third-order valence-corrected chi connectivity index (χ3v) is 4.10. The molecule has 2 aliphatic heterocycles. The maximum atomic E-state index is 12.1. The molecule has 0 bridgehead atoms. The molecule has 0 saturated carbocycles. The van der Waals surface area contributed by atoms with Crippen molar-refractivity contribution in [2.24, 2.45) is 10.2 Å². The average Bonchev–Trinajstić information content (AvgIpc) is 3.10. The van der Waals surface area contributed by atoms with Crippen LogP contribution < -0.4 is 0 Å². The van der Waals surface area contributed by atoms with Crippen molar-refractivity contribution in [3.8, 4) is 12.3 Å². The van der Waals surface area contributed by atoms with E-state index in [9.17, 15) is 4.79 Å². The molecule has 0 aromatic carbocycles. The molecule has 1 saturated heterocycles. The summed E-state index contributed by atoms with van der Waals surface area (Å²) in [5.74, 6) is 3.84. The zero-order chi connectivity index (χ0) is 15.6. The van der Waals surface area contributed by atoms with Crippen LogP contribution >= 0.6 is 0 Å². The van der Waals surface area contributed by atoms with Gasteiger partial charge in [0.25, 0.3) is 0 Å². The van der Waals surface area contributed by atoms with Crippen molar-refractivity contribution in [3.63, 3.8) is 0 Å². The number of oxazole rings is 1. The van der Waals surface area contributed by atoms with Gasteiger partial charge in [-0.2, -0.15) is 10.2 Å². The Hall–Kier alpha value is -2.20. The molecule has 3 heterocycles. The summed E-state index contributed by atoms with van der Waals surface area (Å²) >= 11 is 0. The predicted molar refractivity (Wildman–Crippen MR) is 76.6 cm³/mol. The van der Waals surface area contributed by atoms with E-state index in [0.29, 0.717) is 44.0 Å². The van der Waals surface area contributed by atoms with E-state index in [-0.39, 0.29) is 18.4 Å². The first-order chi connectivity index (χ1) is 10.7. The molecule has 1 aromatic rings. The summed E-state index contributed by atoms with van der Waals surface area (Å²) in [5, 5.41) is 17.0. The van der Waals surface area contributed by atoms with Gasteiger partial charge in [0, 0.05) is 38.8 Å². The highest BCUT2D eigenvalue weighted by atomic mass is 16.4. The highest BCUT2D eigenvalue weighted by Gasteiger charge is 2.41. The fourth-order valence-electron chi connectivity index (χ4n) is 2.56. The van der Waals surface area contributed by atoms with Crippen molar-refractivity contribution in [2.45, 2.75) is 43.9 Å². The lowest BCUT2D eigenvalue weighted by Gasteiger charge is -2.37. The number of carbonyl (C=O) groups is 1. The van der Waals surface area contributed by atoms with Crippen molar-refractivity contribution in [1.82, 2.24) is 9.88 Å². The SMILES string of the molecule is C#CCCC1(CCC(=O)N2CC(c3ncc(CO)o3)C2)N=N1. The standard InChI is InChI=1S/C15H18N4O3/c1-2-3-5-15(17-18-15)6-4-13(21)19-8-11(9-19)14-16-7-12(10-20)22-14/h1,7,11,20H,3-6,8-10H2. The zero-order valence-corrected chi connectivity index (χ0v) is 12.2. The fourth-order valence-corrected chi connectivity index (χ4v) is 2.56. The molecule has 22 heavy (non-hydrogen) atoms. The number of aromatic nitrogens is 1. The van der Waals surface area contributed by atoms with Crippen LogP contribution in [-0.2, 0) is 11.4 Å². The maximum absolute atomic E-state index is 12.1. The van der Waals surface area contributed by atoms with Crippen molar-refractivity contribution in [1.29, 1.82) is 0 Å². The van der Waals surface area contributed by atoms with Gasteiger partial charge in [-0.1, -0.05) is 0 Å². The van der Waals surface area contributed by atoms with E-state index in [1.807, 2.05) is 0 Å². The topological polar surface area (TPSA) is 91.3 Å². The predicted octanol–water partition coefficient (Wildman–Crippen LogP) is 1.45. The number of aliphatic hydroxyl groups excluding tert-OH is 1. The van der Waals surface area contributed by atoms with Crippen LogP contribution in [0.4, 0.5) is 0 Å². The molecular weight excluding hydrogens is 284 g/mol. The van der Waals surface area contributed by atoms with Crippen LogP contribution in [0.3, 0.4) is 0 Å². The molecule has 1 aromatic heterocycles. The van der Waals surface area contributed by atoms with Gasteiger partial charge in [0.2, 0.25) is 11.8 Å². The molecule has 2 aliphatic rings. The number of terminal acetylenes is 1. The Bertz CT molecular complexity index is 619. The van der Waals surface area contributed by atoms with Gasteiger partial charge >= 0.3 is 0 Å². The Balaban J connectivity index is 1.41. The first-order valence-electron chi connectivity index (χ1n) is 7.36. The number of carbonyl (C=O) groups excluding carboxylic acids is 1. The van der Waals surface area contributed by atoms with Crippen LogP contribution in [0.25, 0.3) is 0 Å². The first kappa shape index (κ1) is 14.7. The number of rotatable bonds is 7. The van der Waals surface area contributed by atoms with Crippen molar-refractivity contribution < 1.29 is 14.3 Å². The van der Waals surface area contributed by atoms with Gasteiger partial charge in [-0.3, -0.25) is 4.79 Å². The van der Waals surface area contributed by atoms with E-state index >= 15 is 0 Å². The minimum atomic E-state index is -0.398. The van der Waals surface area contributed by atoms with Gasteiger partial charge in [0.1, 0.15) is 12.4 Å². The lowest BCUT2D eigenvalue weighted by Crippen LogP contribution is -2.48. The molecule has 0 spiro atoms. The summed E-state index contributed by atoms with van der Waals surface area (Å²) in [6.07, 6.45) is 9.17. The highest BCUT2D eigenvalue weighted by molar-refractivity contribution is 5.77. The first-order valence-corrected chi connectivity index (χ1v) is 7.36. The Labute approximate surface area is 128 Å². The molecule has 0 atom stereocenters. The number of nitrogens with zero attached hydrogens (tertiary/aromatic N) is 4. The monoisotopic (exact) mass is 302 g/mol. The van der Waals surface area contributed by atoms with Crippen LogP contribution in [0.5, 0.6) is 0 Å². The minimum absolute atomic E-state index is 0.0996. The largest absolute Gasteiger partial charge is 0.443 e. The molecule has 0 radical (unpaired) electrons. The van der Waals surface area contributed by atoms with E-state index < -0.39 is 5.66 Å². The van der Waals surface area contributed by atoms with E-state index in [1.165, 1.54) is 6.20 Å². The normalized spacial score (nSPS) is 18.8. The Morgan fingerprint density at radius 2 is 2.27 bits per heavy atom. The van der Waals surface area contributed by atoms with Gasteiger partial charge < -0.3 is 14.4 Å². The fraction of sp³-hybridized carbons (Fsp3) is 0.600. The van der Waals surface area contributed by atoms with Crippen LogP contribution in [-0.4, -0.2) is 39.6 Å². The second-order valence-corrected chi connectivity index (χ2v) is 5.71. The van der Waals surface area contributed by atoms with Crippen molar-refractivity contribution in [2.75, 3.05) is 13.1 Å². The smallest absolute Gasteiger partial charge is 0.222 e. The molecular formula is C15H18N4O3. The number of hydrogen-bond acceptors (Lipinski definition) is 6. The average molecular weight is 302 g/mol. The summed E-state index contributed by atoms with van der Waals surface area (Å²) in [5.41, 5.74) is -0.398. The van der Waals surface area contributed by atoms with E-state index in [1.54, 1.807) is 4.90 Å². The molecule has 0 aliphatic carbocycles. The van der Waals surface area contributed by atoms with Crippen LogP contribution in [0.15, 0.2) is 20.8 Å². The molecule has 7 heteroatoms. The van der Waals surface area contributed by atoms with Gasteiger partial charge in [0.05, 0.1) is 12.1 Å². The van der Waals surface area contributed by atoms with Crippen LogP contribution in [0.1, 0.15) is 43.3 Å². The van der Waals surface area contributed by atoms with Gasteiger partial charge in [-0.15, -0.1) is 12.3 Å². The Morgan fingerprint density at radius 3 is 2.86 bits per heavy atom. The van der Waals surface area contributed by atoms with E-state index in [0.717, 1.165) is 6.42 Å². The summed E-state index contributed by atoms with van der Waals surface area (Å²) < 4.78 is 5.39. The van der Waals surface area contributed by atoms with Gasteiger partial charge in [0.15, 0.2) is 5.66 Å². The zero-order valence-electron chi connectivity index (χ0n) is 12.2. The molecule has 3 rings (SSSR count). The quantitative estimate of drug-likeness (QED) is 0.772. The molecule has 7 nitrogen and oxygen atoms in total. The lowest BCUT2D eigenvalue weighted by atomic mass is 9.97. The number of hydrogen-bond donors (Lipinski definition) is 1. The number of likely N-dealkylation sites (tertiary alicyclic amines) is 1. The number of amides is 1. The summed E-state index contributed by atoms with van der Waals surface area (Å²) in [6.45, 7) is 1.06. The number of aliphatic hydroxyl groups is 1. The molecule has 116 valence electrons. The van der Waals surface area contributed by atoms with Crippen LogP contribution in [0.2, 0.25) is 0 Å². The lowest BCUT2D eigenvalue weighted by molar-refractivity contribution is -0.136. The second kappa shape index (κ2) is 5.89. The Morgan fingerprint density at radius 1 is 1.50 bits per heavy atom. The molecule has 1 N–H and O–H groups in total. The molecule has 1 amide bonds. The third kappa shape index (κ3) is 3.02. The second-order valence-electron chi connectivity index (χ2n) is 5.71. The molecule has 0 unspecified atom stereocenters. The van der Waals surface area contributed by atoms with Crippen molar-refractivity contribution >= 4 is 5.91 Å². The summed E-state index contributed by atoms with van der Waals surface area (Å²) in [6, 6.07) is 0. The summed E-state index contributed by atoms with van der Waals surface area (Å²) in [7, 11) is 0. The van der Waals surface area contributed by atoms with Gasteiger partial charge in [-0.25, -0.2) is 4.98 Å². The Kier molecular flexibility index (Phi) is 3.94. The van der Waals surface area contributed by atoms with Gasteiger partial charge in [-0.05, 0) is 0 Å². The maximum Gasteiger partial charge on any atom is 0.222 e. The van der Waals surface area contributed by atoms with E-state index in [4.69, 9.17) is 15.9 Å². The molecule has 1 fully saturated rings. The van der Waals surface area contributed by atoms with Crippen molar-refractivity contribution in [3.05, 3.63) is 17.8 Å². The van der Waals surface area contributed by atoms with Crippen LogP contribution in [0, 0.1) is 12.3 Å².